The topological polar surface area (TPSA) is 94.0 Å². The third kappa shape index (κ3) is 4.96. The Morgan fingerprint density at radius 1 is 0.921 bits per heavy atom. The van der Waals surface area contributed by atoms with Gasteiger partial charge in [-0.1, -0.05) is 48.2 Å². The molecule has 2 aromatic heterocycles. The number of rotatable bonds is 7. The molecule has 0 spiro atoms. The predicted octanol–water partition coefficient (Wildman–Crippen LogP) is 6.67. The highest BCUT2D eigenvalue weighted by molar-refractivity contribution is 7.99. The van der Waals surface area contributed by atoms with Gasteiger partial charge in [0.15, 0.2) is 0 Å². The molecule has 5 rings (SSSR count). The minimum Gasteiger partial charge on any atom is -0.314 e. The Labute approximate surface area is 222 Å². The van der Waals surface area contributed by atoms with Crippen LogP contribution in [0.4, 0.5) is 10.1 Å². The lowest BCUT2D eigenvalue weighted by molar-refractivity contribution is -0.384. The van der Waals surface area contributed by atoms with Gasteiger partial charge in [-0.25, -0.2) is 4.39 Å². The van der Waals surface area contributed by atoms with Crippen LogP contribution < -0.4 is 0 Å². The van der Waals surface area contributed by atoms with Gasteiger partial charge in [0.05, 0.1) is 21.0 Å². The van der Waals surface area contributed by atoms with Crippen molar-refractivity contribution < 1.29 is 17.7 Å². The van der Waals surface area contributed by atoms with Crippen molar-refractivity contribution in [3.05, 3.63) is 136 Å². The summed E-state index contributed by atoms with van der Waals surface area (Å²) >= 11 is 1.42. The number of sulfonamides is 1. The van der Waals surface area contributed by atoms with E-state index in [1.807, 2.05) is 41.8 Å². The number of non-ortho nitro benzene ring substituents is 1. The Kier molecular flexibility index (Phi) is 6.83. The summed E-state index contributed by atoms with van der Waals surface area (Å²) in [6, 6.07) is 25.4. The largest absolute Gasteiger partial charge is 0.314 e. The first-order valence-electron chi connectivity index (χ1n) is 11.4. The van der Waals surface area contributed by atoms with Crippen LogP contribution in [0.2, 0.25) is 0 Å². The van der Waals surface area contributed by atoms with Crippen LogP contribution in [0.3, 0.4) is 0 Å². The molecule has 0 fully saturated rings. The zero-order valence-corrected chi connectivity index (χ0v) is 21.6. The second kappa shape index (κ2) is 10.2. The van der Waals surface area contributed by atoms with Crippen molar-refractivity contribution in [3.8, 4) is 0 Å². The van der Waals surface area contributed by atoms with Crippen molar-refractivity contribution in [1.82, 2.24) is 4.40 Å². The highest BCUT2D eigenvalue weighted by atomic mass is 32.2. The van der Waals surface area contributed by atoms with Crippen molar-refractivity contribution >= 4 is 38.7 Å². The number of aromatic nitrogens is 1. The summed E-state index contributed by atoms with van der Waals surface area (Å²) in [5.41, 5.74) is 3.03. The predicted molar refractivity (Wildman–Crippen MR) is 145 cm³/mol. The molecule has 0 saturated carbocycles. The van der Waals surface area contributed by atoms with E-state index in [4.69, 9.17) is 0 Å². The number of hydrogen-bond donors (Lipinski definition) is 0. The van der Waals surface area contributed by atoms with Crippen molar-refractivity contribution in [3.63, 3.8) is 0 Å². The lowest BCUT2D eigenvalue weighted by Gasteiger charge is -2.10. The van der Waals surface area contributed by atoms with E-state index in [0.29, 0.717) is 11.3 Å². The van der Waals surface area contributed by atoms with Gasteiger partial charge in [-0.15, -0.1) is 0 Å². The summed E-state index contributed by atoms with van der Waals surface area (Å²) < 4.78 is 46.3. The number of benzene rings is 3. The van der Waals surface area contributed by atoms with Gasteiger partial charge in [0.25, 0.3) is 15.7 Å². The maximum Gasteiger partial charge on any atom is 0.282 e. The van der Waals surface area contributed by atoms with Crippen molar-refractivity contribution in [2.45, 2.75) is 21.6 Å². The van der Waals surface area contributed by atoms with E-state index in [1.165, 1.54) is 36.0 Å². The first-order valence-corrected chi connectivity index (χ1v) is 13.7. The van der Waals surface area contributed by atoms with Gasteiger partial charge < -0.3 is 4.40 Å². The molecule has 0 bridgehead atoms. The van der Waals surface area contributed by atoms with Crippen LogP contribution in [0, 0.1) is 22.9 Å². The van der Waals surface area contributed by atoms with E-state index in [0.717, 1.165) is 33.0 Å². The highest BCUT2D eigenvalue weighted by Crippen LogP contribution is 2.38. The molecule has 0 radical (unpaired) electrons. The number of nitro benzene ring substituents is 1. The average molecular weight is 546 g/mol. The maximum atomic E-state index is 13.5. The first kappa shape index (κ1) is 25.4. The van der Waals surface area contributed by atoms with Crippen LogP contribution in [0.1, 0.15) is 16.8 Å². The van der Waals surface area contributed by atoms with Gasteiger partial charge in [-0.3, -0.25) is 10.1 Å². The summed E-state index contributed by atoms with van der Waals surface area (Å²) in [7, 11) is -4.18. The van der Waals surface area contributed by atoms with Gasteiger partial charge in [0.2, 0.25) is 0 Å². The lowest BCUT2D eigenvalue weighted by Crippen LogP contribution is -2.12. The van der Waals surface area contributed by atoms with Gasteiger partial charge in [0.1, 0.15) is 11.5 Å². The zero-order chi connectivity index (χ0) is 26.9. The number of hydrogen-bond acceptors (Lipinski definition) is 5. The van der Waals surface area contributed by atoms with E-state index < -0.39 is 20.8 Å². The number of fused-ring (bicyclic) bond motifs is 1. The van der Waals surface area contributed by atoms with Gasteiger partial charge >= 0.3 is 0 Å². The molecule has 0 N–H and O–H groups in total. The molecule has 0 aliphatic heterocycles. The van der Waals surface area contributed by atoms with Crippen molar-refractivity contribution in [1.29, 1.82) is 0 Å². The van der Waals surface area contributed by atoms with Gasteiger partial charge in [0, 0.05) is 33.7 Å². The smallest absolute Gasteiger partial charge is 0.282 e. The molecule has 0 aliphatic carbocycles. The average Bonchev–Trinajstić information content (AvgIpc) is 3.19. The van der Waals surface area contributed by atoms with E-state index in [1.54, 1.807) is 36.4 Å². The quantitative estimate of drug-likeness (QED) is 0.129. The molecule has 0 aliphatic rings. The fourth-order valence-electron chi connectivity index (χ4n) is 4.09. The summed E-state index contributed by atoms with van der Waals surface area (Å²) in [6.07, 6.45) is 1.83. The van der Waals surface area contributed by atoms with Crippen LogP contribution in [0.15, 0.2) is 122 Å². The molecule has 38 heavy (non-hydrogen) atoms. The van der Waals surface area contributed by atoms with E-state index in [2.05, 4.69) is 4.40 Å². The molecule has 10 heteroatoms. The second-order valence-corrected chi connectivity index (χ2v) is 11.0. The molecule has 7 nitrogen and oxygen atoms in total. The Morgan fingerprint density at radius 2 is 1.58 bits per heavy atom. The molecule has 3 aromatic carbocycles. The zero-order valence-electron chi connectivity index (χ0n) is 20.0. The molecule has 0 unspecified atom stereocenters. The number of nitro groups is 1. The number of pyridine rings is 1. The van der Waals surface area contributed by atoms with Crippen LogP contribution in [-0.4, -0.2) is 23.5 Å². The fourth-order valence-corrected chi connectivity index (χ4v) is 6.13. The van der Waals surface area contributed by atoms with Crippen LogP contribution in [0.25, 0.3) is 5.52 Å². The number of halogens is 1. The molecular weight excluding hydrogens is 525 g/mol. The normalized spacial score (nSPS) is 12.1. The highest BCUT2D eigenvalue weighted by Gasteiger charge is 2.24. The Bertz CT molecular complexity index is 1780. The molecule has 0 amide bonds. The molecular formula is C28H20FN3O4S2. The fraction of sp³-hybridized carbons (Fsp3) is 0.0357. The van der Waals surface area contributed by atoms with Crippen molar-refractivity contribution in [2.75, 3.05) is 0 Å². The second-order valence-electron chi connectivity index (χ2n) is 8.35. The van der Waals surface area contributed by atoms with Crippen LogP contribution in [-0.2, 0) is 10.0 Å². The summed E-state index contributed by atoms with van der Waals surface area (Å²) in [4.78, 5) is 12.1. The Morgan fingerprint density at radius 3 is 2.24 bits per heavy atom. The molecule has 190 valence electrons. The standard InChI is InChI=1S/C28H20FN3O4S2/c1-19-27(26(20-7-3-2-4-8-20)30-38(35,36)24-16-10-21(29)11-17-24)31-18-6-5-9-25(31)28(19)37-23-14-12-22(13-15-23)32(33)34/h2-18H,1H3/b30-26-. The summed E-state index contributed by atoms with van der Waals surface area (Å²) in [5.74, 6) is -0.544. The number of nitrogens with zero attached hydrogens (tertiary/aromatic N) is 3. The molecule has 0 saturated heterocycles. The SMILES string of the molecule is Cc1c(Sc2ccc([N+](=O)[O-])cc2)c2ccccn2c1/C(=N\S(=O)(=O)c1ccc(F)cc1)c1ccccc1. The third-order valence-electron chi connectivity index (χ3n) is 5.89. The van der Waals surface area contributed by atoms with Crippen LogP contribution in [0.5, 0.6) is 0 Å². The first-order chi connectivity index (χ1) is 18.2. The lowest BCUT2D eigenvalue weighted by atomic mass is 10.1. The molecule has 5 aromatic rings. The van der Waals surface area contributed by atoms with Crippen molar-refractivity contribution in [2.24, 2.45) is 4.40 Å². The minimum absolute atomic E-state index is 0.00185. The maximum absolute atomic E-state index is 13.5. The molecule has 0 atom stereocenters. The summed E-state index contributed by atoms with van der Waals surface area (Å²) in [5, 5.41) is 11.1. The minimum atomic E-state index is -4.18. The Balaban J connectivity index is 1.71. The van der Waals surface area contributed by atoms with Crippen LogP contribution >= 0.6 is 11.8 Å². The molecule has 2 heterocycles. The Hall–Kier alpha value is -4.28. The third-order valence-corrected chi connectivity index (χ3v) is 8.41. The monoisotopic (exact) mass is 545 g/mol. The van der Waals surface area contributed by atoms with Gasteiger partial charge in [-0.2, -0.15) is 12.8 Å². The van der Waals surface area contributed by atoms with E-state index in [-0.39, 0.29) is 16.3 Å². The van der Waals surface area contributed by atoms with Gasteiger partial charge in [-0.05, 0) is 61.0 Å². The summed E-state index contributed by atoms with van der Waals surface area (Å²) in [6.45, 7) is 1.89. The van der Waals surface area contributed by atoms with E-state index >= 15 is 0 Å². The van der Waals surface area contributed by atoms with E-state index in [9.17, 15) is 22.9 Å².